The van der Waals surface area contributed by atoms with Crippen molar-refractivity contribution < 1.29 is 0 Å². The molecule has 1 heterocycles. The first-order chi connectivity index (χ1) is 8.13. The van der Waals surface area contributed by atoms with E-state index in [2.05, 4.69) is 42.5 Å². The molecule has 3 nitrogen and oxygen atoms in total. The Morgan fingerprint density at radius 2 is 1.82 bits per heavy atom. The summed E-state index contributed by atoms with van der Waals surface area (Å²) in [4.78, 5) is 5.18. The van der Waals surface area contributed by atoms with Crippen LogP contribution in [0.25, 0.3) is 0 Å². The highest BCUT2D eigenvalue weighted by Crippen LogP contribution is 2.07. The molecule has 0 bridgehead atoms. The van der Waals surface area contributed by atoms with Crippen molar-refractivity contribution in [3.8, 4) is 0 Å². The van der Waals surface area contributed by atoms with Crippen LogP contribution in [-0.2, 0) is 0 Å². The second-order valence-corrected chi connectivity index (χ2v) is 5.53. The number of nitrogens with one attached hydrogen (secondary N) is 1. The van der Waals surface area contributed by atoms with Gasteiger partial charge >= 0.3 is 0 Å². The summed E-state index contributed by atoms with van der Waals surface area (Å²) in [5.41, 5.74) is 0. The molecule has 1 atom stereocenters. The first kappa shape index (κ1) is 14.7. The number of hydrogen-bond donors (Lipinski definition) is 1. The van der Waals surface area contributed by atoms with Crippen molar-refractivity contribution in [2.24, 2.45) is 5.92 Å². The lowest BCUT2D eigenvalue weighted by atomic mass is 10.1. The van der Waals surface area contributed by atoms with Gasteiger partial charge < -0.3 is 10.2 Å². The second kappa shape index (κ2) is 7.85. The Morgan fingerprint density at radius 1 is 1.18 bits per heavy atom. The molecular weight excluding hydrogens is 210 g/mol. The molecule has 0 aromatic rings. The highest BCUT2D eigenvalue weighted by atomic mass is 15.3. The normalized spacial score (nSPS) is 20.7. The first-order valence-electron chi connectivity index (χ1n) is 6.91. The average Bonchev–Trinajstić information content (AvgIpc) is 2.29. The summed E-state index contributed by atoms with van der Waals surface area (Å²) < 4.78 is 0. The SMILES string of the molecule is C=CCNCC(C)N1CCN(CC(C)C)CC1. The molecule has 17 heavy (non-hydrogen) atoms. The van der Waals surface area contributed by atoms with Gasteiger partial charge in [0.1, 0.15) is 0 Å². The van der Waals surface area contributed by atoms with Crippen molar-refractivity contribution in [1.29, 1.82) is 0 Å². The number of hydrogen-bond acceptors (Lipinski definition) is 3. The highest BCUT2D eigenvalue weighted by Gasteiger charge is 2.20. The zero-order valence-corrected chi connectivity index (χ0v) is 11.8. The van der Waals surface area contributed by atoms with Crippen LogP contribution >= 0.6 is 0 Å². The Morgan fingerprint density at radius 3 is 2.35 bits per heavy atom. The van der Waals surface area contributed by atoms with Gasteiger partial charge in [-0.25, -0.2) is 0 Å². The fraction of sp³-hybridized carbons (Fsp3) is 0.857. The van der Waals surface area contributed by atoms with Crippen LogP contribution in [-0.4, -0.2) is 61.7 Å². The summed E-state index contributed by atoms with van der Waals surface area (Å²) in [7, 11) is 0. The van der Waals surface area contributed by atoms with E-state index >= 15 is 0 Å². The predicted octanol–water partition coefficient (Wildman–Crippen LogP) is 1.42. The van der Waals surface area contributed by atoms with Gasteiger partial charge in [0.25, 0.3) is 0 Å². The number of rotatable bonds is 7. The lowest BCUT2D eigenvalue weighted by Crippen LogP contribution is -2.52. The van der Waals surface area contributed by atoms with Crippen LogP contribution in [0.15, 0.2) is 12.7 Å². The van der Waals surface area contributed by atoms with E-state index < -0.39 is 0 Å². The third-order valence-electron chi connectivity index (χ3n) is 3.38. The molecule has 3 heteroatoms. The lowest BCUT2D eigenvalue weighted by molar-refractivity contribution is 0.0946. The van der Waals surface area contributed by atoms with Gasteiger partial charge in [0, 0.05) is 51.9 Å². The molecule has 1 fully saturated rings. The minimum atomic E-state index is 0.635. The Labute approximate surface area is 107 Å². The lowest BCUT2D eigenvalue weighted by Gasteiger charge is -2.38. The molecule has 1 unspecified atom stereocenters. The molecule has 1 rings (SSSR count). The van der Waals surface area contributed by atoms with Gasteiger partial charge in [-0.05, 0) is 12.8 Å². The van der Waals surface area contributed by atoms with Crippen molar-refractivity contribution in [2.75, 3.05) is 45.8 Å². The molecule has 0 spiro atoms. The van der Waals surface area contributed by atoms with Crippen molar-refractivity contribution >= 4 is 0 Å². The summed E-state index contributed by atoms with van der Waals surface area (Å²) in [6, 6.07) is 0.635. The van der Waals surface area contributed by atoms with E-state index in [0.29, 0.717) is 6.04 Å². The fourth-order valence-corrected chi connectivity index (χ4v) is 2.43. The van der Waals surface area contributed by atoms with E-state index in [1.54, 1.807) is 0 Å². The van der Waals surface area contributed by atoms with Crippen molar-refractivity contribution in [3.63, 3.8) is 0 Å². The van der Waals surface area contributed by atoms with E-state index in [4.69, 9.17) is 0 Å². The van der Waals surface area contributed by atoms with E-state index in [1.165, 1.54) is 32.7 Å². The Hall–Kier alpha value is -0.380. The molecule has 0 amide bonds. The largest absolute Gasteiger partial charge is 0.312 e. The molecule has 1 N–H and O–H groups in total. The van der Waals surface area contributed by atoms with Crippen LogP contribution in [0.1, 0.15) is 20.8 Å². The molecule has 0 aromatic carbocycles. The van der Waals surface area contributed by atoms with Crippen LogP contribution in [0, 0.1) is 5.92 Å². The third-order valence-corrected chi connectivity index (χ3v) is 3.38. The molecule has 0 aromatic heterocycles. The predicted molar refractivity (Wildman–Crippen MR) is 75.4 cm³/mol. The van der Waals surface area contributed by atoms with Crippen LogP contribution in [0.4, 0.5) is 0 Å². The summed E-state index contributed by atoms with van der Waals surface area (Å²) in [5.74, 6) is 0.785. The number of piperazine rings is 1. The summed E-state index contributed by atoms with van der Waals surface area (Å²) >= 11 is 0. The maximum Gasteiger partial charge on any atom is 0.0193 e. The summed E-state index contributed by atoms with van der Waals surface area (Å²) in [5, 5.41) is 3.40. The monoisotopic (exact) mass is 239 g/mol. The van der Waals surface area contributed by atoms with Gasteiger partial charge in [-0.1, -0.05) is 19.9 Å². The standard InChI is InChI=1S/C14H29N3/c1-5-6-15-11-14(4)17-9-7-16(8-10-17)12-13(2)3/h5,13-15H,1,6-12H2,2-4H3. The first-order valence-corrected chi connectivity index (χ1v) is 6.91. The topological polar surface area (TPSA) is 18.5 Å². The Balaban J connectivity index is 2.19. The fourth-order valence-electron chi connectivity index (χ4n) is 2.43. The van der Waals surface area contributed by atoms with E-state index in [1.807, 2.05) is 6.08 Å². The zero-order chi connectivity index (χ0) is 12.7. The molecule has 0 saturated carbocycles. The third kappa shape index (κ3) is 5.66. The minimum absolute atomic E-state index is 0.635. The highest BCUT2D eigenvalue weighted by molar-refractivity contribution is 4.79. The quantitative estimate of drug-likeness (QED) is 0.535. The Kier molecular flexibility index (Phi) is 6.78. The van der Waals surface area contributed by atoms with E-state index in [-0.39, 0.29) is 0 Å². The minimum Gasteiger partial charge on any atom is -0.312 e. The van der Waals surface area contributed by atoms with Gasteiger partial charge in [-0.3, -0.25) is 4.90 Å². The van der Waals surface area contributed by atoms with Crippen LogP contribution < -0.4 is 5.32 Å². The molecule has 1 aliphatic heterocycles. The zero-order valence-electron chi connectivity index (χ0n) is 11.8. The van der Waals surface area contributed by atoms with Gasteiger partial charge in [0.15, 0.2) is 0 Å². The van der Waals surface area contributed by atoms with Gasteiger partial charge in [-0.2, -0.15) is 0 Å². The molecule has 100 valence electrons. The summed E-state index contributed by atoms with van der Waals surface area (Å²) in [6.07, 6.45) is 1.92. The van der Waals surface area contributed by atoms with Crippen LogP contribution in [0.5, 0.6) is 0 Å². The Bertz CT molecular complexity index is 208. The molecule has 1 saturated heterocycles. The van der Waals surface area contributed by atoms with Gasteiger partial charge in [0.2, 0.25) is 0 Å². The van der Waals surface area contributed by atoms with Crippen molar-refractivity contribution in [3.05, 3.63) is 12.7 Å². The van der Waals surface area contributed by atoms with E-state index in [9.17, 15) is 0 Å². The van der Waals surface area contributed by atoms with Crippen molar-refractivity contribution in [1.82, 2.24) is 15.1 Å². The smallest absolute Gasteiger partial charge is 0.0193 e. The average molecular weight is 239 g/mol. The van der Waals surface area contributed by atoms with Gasteiger partial charge in [-0.15, -0.1) is 6.58 Å². The van der Waals surface area contributed by atoms with Gasteiger partial charge in [0.05, 0.1) is 0 Å². The molecule has 1 aliphatic rings. The molecule has 0 radical (unpaired) electrons. The van der Waals surface area contributed by atoms with Crippen LogP contribution in [0.3, 0.4) is 0 Å². The molecular formula is C14H29N3. The second-order valence-electron chi connectivity index (χ2n) is 5.53. The van der Waals surface area contributed by atoms with Crippen LogP contribution in [0.2, 0.25) is 0 Å². The summed E-state index contributed by atoms with van der Waals surface area (Å²) in [6.45, 7) is 18.7. The molecule has 0 aliphatic carbocycles. The van der Waals surface area contributed by atoms with Crippen molar-refractivity contribution in [2.45, 2.75) is 26.8 Å². The number of nitrogens with zero attached hydrogens (tertiary/aromatic N) is 2. The maximum absolute atomic E-state index is 3.72. The maximum atomic E-state index is 3.72. The van der Waals surface area contributed by atoms with E-state index in [0.717, 1.165) is 19.0 Å².